The summed E-state index contributed by atoms with van der Waals surface area (Å²) in [4.78, 5) is 4.86. The highest BCUT2D eigenvalue weighted by Crippen LogP contribution is 2.53. The number of hydrogen-bond donors (Lipinski definition) is 0. The van der Waals surface area contributed by atoms with Gasteiger partial charge in [-0.15, -0.1) is 11.3 Å². The molecule has 0 N–H and O–H groups in total. The average Bonchev–Trinajstić information content (AvgIpc) is 3.55. The first-order valence-corrected chi connectivity index (χ1v) is 17.5. The maximum Gasteiger partial charge on any atom is 0.0547 e. The Bertz CT molecular complexity index is 2660. The Kier molecular flexibility index (Phi) is 6.39. The predicted octanol–water partition coefficient (Wildman–Crippen LogP) is 13.8. The quantitative estimate of drug-likeness (QED) is 0.184. The first-order chi connectivity index (χ1) is 24.3. The Hall–Kier alpha value is -6.16. The van der Waals surface area contributed by atoms with Crippen molar-refractivity contribution in [1.29, 1.82) is 0 Å². The molecule has 0 radical (unpaired) electrons. The van der Waals surface area contributed by atoms with Crippen LogP contribution in [0, 0.1) is 0 Å². The number of thiophene rings is 1. The fourth-order valence-electron chi connectivity index (χ4n) is 7.57. The van der Waals surface area contributed by atoms with Gasteiger partial charge < -0.3 is 9.80 Å². The van der Waals surface area contributed by atoms with E-state index in [1.807, 2.05) is 11.3 Å². The summed E-state index contributed by atoms with van der Waals surface area (Å²) in [5.41, 5.74) is 11.9. The van der Waals surface area contributed by atoms with Crippen LogP contribution in [0.15, 0.2) is 182 Å². The van der Waals surface area contributed by atoms with Crippen molar-refractivity contribution in [3.63, 3.8) is 0 Å². The Morgan fingerprint density at radius 2 is 1.06 bits per heavy atom. The number of anilines is 6. The van der Waals surface area contributed by atoms with Gasteiger partial charge in [0.2, 0.25) is 0 Å². The molecule has 0 fully saturated rings. The van der Waals surface area contributed by atoms with Gasteiger partial charge in [0.25, 0.3) is 0 Å². The molecule has 0 aliphatic carbocycles. The lowest BCUT2D eigenvalue weighted by molar-refractivity contribution is 1.27. The summed E-state index contributed by atoms with van der Waals surface area (Å²) in [6.45, 7) is 0. The maximum atomic E-state index is 2.44. The smallest absolute Gasteiger partial charge is 0.0547 e. The predicted molar refractivity (Wildman–Crippen MR) is 211 cm³/mol. The third-order valence-corrected chi connectivity index (χ3v) is 10.9. The van der Waals surface area contributed by atoms with Gasteiger partial charge in [-0.25, -0.2) is 0 Å². The van der Waals surface area contributed by atoms with Crippen molar-refractivity contribution >= 4 is 76.4 Å². The monoisotopic (exact) mass is 642 g/mol. The van der Waals surface area contributed by atoms with Gasteiger partial charge in [-0.3, -0.25) is 0 Å². The lowest BCUT2D eigenvalue weighted by Crippen LogP contribution is -2.16. The SMILES string of the molecule is c1ccc(-c2ccc(N(c3ccc4sc5ccccc5c4c3)c3ccc4c5c(cccc35)N(c3ccccc3)c3ccccc3-4)cc2)cc1. The molecule has 0 saturated carbocycles. The van der Waals surface area contributed by atoms with E-state index in [9.17, 15) is 0 Å². The van der Waals surface area contributed by atoms with Crippen LogP contribution in [0.4, 0.5) is 34.1 Å². The van der Waals surface area contributed by atoms with Gasteiger partial charge in [0.05, 0.1) is 17.1 Å². The molecule has 0 unspecified atom stereocenters. The second-order valence-electron chi connectivity index (χ2n) is 12.5. The largest absolute Gasteiger partial charge is 0.310 e. The van der Waals surface area contributed by atoms with Crippen molar-refractivity contribution in [2.45, 2.75) is 0 Å². The molecule has 2 heterocycles. The van der Waals surface area contributed by atoms with Crippen LogP contribution in [-0.2, 0) is 0 Å². The number of hydrogen-bond acceptors (Lipinski definition) is 3. The van der Waals surface area contributed by atoms with Gasteiger partial charge in [0, 0.05) is 53.6 Å². The normalized spacial score (nSPS) is 12.0. The van der Waals surface area contributed by atoms with Crippen LogP contribution >= 0.6 is 11.3 Å². The van der Waals surface area contributed by atoms with Gasteiger partial charge in [-0.05, 0) is 83.4 Å². The second kappa shape index (κ2) is 11.2. The van der Waals surface area contributed by atoms with Crippen LogP contribution in [0.3, 0.4) is 0 Å². The molecule has 0 atom stereocenters. The minimum absolute atomic E-state index is 1.12. The Labute approximate surface area is 289 Å². The van der Waals surface area contributed by atoms with Gasteiger partial charge in [-0.1, -0.05) is 115 Å². The summed E-state index contributed by atoms with van der Waals surface area (Å²) in [6.07, 6.45) is 0. The van der Waals surface area contributed by atoms with Crippen molar-refractivity contribution in [3.05, 3.63) is 182 Å². The Morgan fingerprint density at radius 1 is 0.408 bits per heavy atom. The molecule has 8 aromatic carbocycles. The Balaban J connectivity index is 1.23. The topological polar surface area (TPSA) is 6.48 Å². The summed E-state index contributed by atoms with van der Waals surface area (Å²) >= 11 is 1.86. The molecule has 0 bridgehead atoms. The molecule has 1 aromatic heterocycles. The summed E-state index contributed by atoms with van der Waals surface area (Å²) in [5.74, 6) is 0. The van der Waals surface area contributed by atoms with E-state index in [-0.39, 0.29) is 0 Å². The third-order valence-electron chi connectivity index (χ3n) is 9.78. The molecule has 1 aliphatic rings. The highest BCUT2D eigenvalue weighted by molar-refractivity contribution is 7.25. The second-order valence-corrected chi connectivity index (χ2v) is 13.6. The molecule has 3 heteroatoms. The van der Waals surface area contributed by atoms with Crippen LogP contribution in [0.5, 0.6) is 0 Å². The van der Waals surface area contributed by atoms with Crippen LogP contribution in [0.25, 0.3) is 53.2 Å². The molecule has 230 valence electrons. The summed E-state index contributed by atoms with van der Waals surface area (Å²) in [5, 5.41) is 5.06. The van der Waals surface area contributed by atoms with E-state index < -0.39 is 0 Å². The lowest BCUT2D eigenvalue weighted by Gasteiger charge is -2.35. The molecule has 0 amide bonds. The van der Waals surface area contributed by atoms with E-state index in [1.165, 1.54) is 64.6 Å². The van der Waals surface area contributed by atoms with E-state index in [0.717, 1.165) is 22.7 Å². The van der Waals surface area contributed by atoms with Crippen LogP contribution in [0.2, 0.25) is 0 Å². The number of benzene rings is 8. The van der Waals surface area contributed by atoms with Crippen molar-refractivity contribution in [1.82, 2.24) is 0 Å². The molecular formula is C46H30N2S. The van der Waals surface area contributed by atoms with E-state index in [1.54, 1.807) is 0 Å². The Morgan fingerprint density at radius 3 is 1.92 bits per heavy atom. The van der Waals surface area contributed by atoms with Crippen molar-refractivity contribution < 1.29 is 0 Å². The molecule has 2 nitrogen and oxygen atoms in total. The van der Waals surface area contributed by atoms with E-state index in [4.69, 9.17) is 0 Å². The fraction of sp³-hybridized carbons (Fsp3) is 0. The van der Waals surface area contributed by atoms with Gasteiger partial charge in [0.1, 0.15) is 0 Å². The van der Waals surface area contributed by atoms with Crippen molar-refractivity contribution in [2.75, 3.05) is 9.80 Å². The van der Waals surface area contributed by atoms with Crippen LogP contribution in [-0.4, -0.2) is 0 Å². The third kappa shape index (κ3) is 4.47. The standard InChI is InChI=1S/C46H30N2S/c1-3-12-31(13-4-1)32-22-24-34(25-23-32)47(35-26-29-45-40(30-35)37-17-8-10-21-44(37)49-45)42-28-27-38-36-16-7-9-19-41(36)48(33-14-5-2-6-15-33)43-20-11-18-39(42)46(38)43/h1-30H. The fourth-order valence-corrected chi connectivity index (χ4v) is 8.66. The zero-order chi connectivity index (χ0) is 32.3. The molecule has 49 heavy (non-hydrogen) atoms. The van der Waals surface area contributed by atoms with Crippen molar-refractivity contribution in [3.8, 4) is 22.3 Å². The maximum absolute atomic E-state index is 2.44. The van der Waals surface area contributed by atoms with Crippen LogP contribution < -0.4 is 9.80 Å². The first kappa shape index (κ1) is 27.9. The minimum atomic E-state index is 1.12. The summed E-state index contributed by atoms with van der Waals surface area (Å²) in [6, 6.07) is 66.2. The highest BCUT2D eigenvalue weighted by Gasteiger charge is 2.28. The van der Waals surface area contributed by atoms with Crippen LogP contribution in [0.1, 0.15) is 0 Å². The summed E-state index contributed by atoms with van der Waals surface area (Å²) in [7, 11) is 0. The first-order valence-electron chi connectivity index (χ1n) is 16.7. The minimum Gasteiger partial charge on any atom is -0.310 e. The zero-order valence-corrected chi connectivity index (χ0v) is 27.4. The molecule has 0 spiro atoms. The highest BCUT2D eigenvalue weighted by atomic mass is 32.1. The molecule has 9 aromatic rings. The number of nitrogens with zero attached hydrogens (tertiary/aromatic N) is 2. The van der Waals surface area contributed by atoms with E-state index in [2.05, 4.69) is 192 Å². The van der Waals surface area contributed by atoms with E-state index in [0.29, 0.717) is 0 Å². The molecule has 1 aliphatic heterocycles. The van der Waals surface area contributed by atoms with Gasteiger partial charge in [0.15, 0.2) is 0 Å². The van der Waals surface area contributed by atoms with E-state index >= 15 is 0 Å². The van der Waals surface area contributed by atoms with Gasteiger partial charge >= 0.3 is 0 Å². The lowest BCUT2D eigenvalue weighted by atomic mass is 9.89. The number of rotatable bonds is 5. The number of para-hydroxylation sites is 2. The van der Waals surface area contributed by atoms with Crippen molar-refractivity contribution in [2.24, 2.45) is 0 Å². The molecular weight excluding hydrogens is 613 g/mol. The van der Waals surface area contributed by atoms with Gasteiger partial charge in [-0.2, -0.15) is 0 Å². The zero-order valence-electron chi connectivity index (χ0n) is 26.6. The summed E-state index contributed by atoms with van der Waals surface area (Å²) < 4.78 is 2.62. The molecule has 0 saturated heterocycles. The molecule has 10 rings (SSSR count). The average molecular weight is 643 g/mol. The number of fused-ring (bicyclic) bond motifs is 5.